The third-order valence-electron chi connectivity index (χ3n) is 0.474. The van der Waals surface area contributed by atoms with Crippen LogP contribution in [-0.2, 0) is 10.1 Å². The number of rotatable bonds is 2. The van der Waals surface area contributed by atoms with Crippen LogP contribution < -0.4 is 5.73 Å². The third kappa shape index (κ3) is 12.1. The molecule has 4 nitrogen and oxygen atoms in total. The van der Waals surface area contributed by atoms with Gasteiger partial charge in [0.15, 0.2) is 0 Å². The first-order valence-corrected chi connectivity index (χ1v) is 3.73. The standard InChI is InChI=1S/C3H9NO3S.Na.H/c1-3(4)2-8(5,6)7;;/h3H,2,4H2,1H3,(H,5,6,7);;. The summed E-state index contributed by atoms with van der Waals surface area (Å²) in [5.41, 5.74) is 5.04. The fourth-order valence-corrected chi connectivity index (χ4v) is 0.997. The van der Waals surface area contributed by atoms with Crippen molar-refractivity contribution >= 4 is 39.7 Å². The second-order valence-electron chi connectivity index (χ2n) is 1.73. The van der Waals surface area contributed by atoms with Crippen molar-refractivity contribution in [2.75, 3.05) is 5.75 Å². The molecular formula is C3H10NNaO3S. The summed E-state index contributed by atoms with van der Waals surface area (Å²) in [4.78, 5) is 0. The van der Waals surface area contributed by atoms with E-state index in [1.54, 1.807) is 0 Å². The minimum atomic E-state index is -3.85. The van der Waals surface area contributed by atoms with Gasteiger partial charge in [0, 0.05) is 6.04 Å². The zero-order valence-electron chi connectivity index (χ0n) is 4.53. The molecule has 0 aliphatic carbocycles. The zero-order chi connectivity index (χ0) is 6.78. The minimum absolute atomic E-state index is 0. The molecule has 0 saturated carbocycles. The van der Waals surface area contributed by atoms with Gasteiger partial charge >= 0.3 is 29.6 Å². The first kappa shape index (κ1) is 12.5. The van der Waals surface area contributed by atoms with E-state index in [0.29, 0.717) is 0 Å². The summed E-state index contributed by atoms with van der Waals surface area (Å²) in [5.74, 6) is -0.368. The quantitative estimate of drug-likeness (QED) is 0.386. The van der Waals surface area contributed by atoms with E-state index in [9.17, 15) is 8.42 Å². The Kier molecular flexibility index (Phi) is 6.48. The van der Waals surface area contributed by atoms with E-state index < -0.39 is 16.2 Å². The average Bonchev–Trinajstić information content (AvgIpc) is 1.21. The molecule has 9 heavy (non-hydrogen) atoms. The summed E-state index contributed by atoms with van der Waals surface area (Å²) in [6.07, 6.45) is 0. The van der Waals surface area contributed by atoms with Crippen molar-refractivity contribution in [2.24, 2.45) is 5.73 Å². The number of hydrogen-bond donors (Lipinski definition) is 2. The molecule has 1 atom stereocenters. The summed E-state index contributed by atoms with van der Waals surface area (Å²) in [6.45, 7) is 1.51. The van der Waals surface area contributed by atoms with E-state index in [2.05, 4.69) is 0 Å². The Morgan fingerprint density at radius 3 is 2.00 bits per heavy atom. The fraction of sp³-hybridized carbons (Fsp3) is 1.00. The maximum absolute atomic E-state index is 9.92. The van der Waals surface area contributed by atoms with Gasteiger partial charge in [-0.1, -0.05) is 0 Å². The molecular weight excluding hydrogens is 153 g/mol. The molecule has 0 aromatic rings. The molecule has 0 aliphatic rings. The van der Waals surface area contributed by atoms with Crippen molar-refractivity contribution in [3.8, 4) is 0 Å². The second-order valence-corrected chi connectivity index (χ2v) is 3.22. The predicted molar refractivity (Wildman–Crippen MR) is 37.2 cm³/mol. The van der Waals surface area contributed by atoms with Crippen molar-refractivity contribution in [2.45, 2.75) is 13.0 Å². The summed E-state index contributed by atoms with van der Waals surface area (Å²) in [5, 5.41) is 0. The Morgan fingerprint density at radius 2 is 2.00 bits per heavy atom. The number of hydrogen-bond acceptors (Lipinski definition) is 3. The van der Waals surface area contributed by atoms with Gasteiger partial charge in [0.05, 0.1) is 5.75 Å². The van der Waals surface area contributed by atoms with Crippen LogP contribution in [-0.4, -0.2) is 54.3 Å². The van der Waals surface area contributed by atoms with Gasteiger partial charge in [0.2, 0.25) is 0 Å². The average molecular weight is 163 g/mol. The summed E-state index contributed by atoms with van der Waals surface area (Å²) >= 11 is 0. The van der Waals surface area contributed by atoms with Crippen molar-refractivity contribution in [1.29, 1.82) is 0 Å². The molecule has 1 unspecified atom stereocenters. The van der Waals surface area contributed by atoms with Gasteiger partial charge in [-0.15, -0.1) is 0 Å². The molecule has 0 saturated heterocycles. The fourth-order valence-electron chi connectivity index (χ4n) is 0.332. The van der Waals surface area contributed by atoms with E-state index in [0.717, 1.165) is 0 Å². The van der Waals surface area contributed by atoms with E-state index in [1.165, 1.54) is 6.92 Å². The second kappa shape index (κ2) is 4.65. The molecule has 0 aromatic carbocycles. The monoisotopic (exact) mass is 163 g/mol. The predicted octanol–water partition coefficient (Wildman–Crippen LogP) is -1.43. The van der Waals surface area contributed by atoms with Crippen molar-refractivity contribution in [3.05, 3.63) is 0 Å². The van der Waals surface area contributed by atoms with Crippen LogP contribution >= 0.6 is 0 Å². The van der Waals surface area contributed by atoms with Crippen LogP contribution in [0, 0.1) is 0 Å². The van der Waals surface area contributed by atoms with Gasteiger partial charge in [-0.2, -0.15) is 8.42 Å². The van der Waals surface area contributed by atoms with Crippen molar-refractivity contribution < 1.29 is 13.0 Å². The molecule has 0 heterocycles. The molecule has 0 bridgehead atoms. The van der Waals surface area contributed by atoms with Crippen LogP contribution in [0.25, 0.3) is 0 Å². The number of nitrogens with two attached hydrogens (primary N) is 1. The Hall–Kier alpha value is 0.870. The van der Waals surface area contributed by atoms with Gasteiger partial charge in [0.25, 0.3) is 10.1 Å². The molecule has 3 N–H and O–H groups in total. The molecule has 0 radical (unpaired) electrons. The SMILES string of the molecule is CC(N)CS(=O)(=O)O.[NaH]. The van der Waals surface area contributed by atoms with Crippen LogP contribution in [0.1, 0.15) is 6.92 Å². The molecule has 0 aromatic heterocycles. The first-order valence-electron chi connectivity index (χ1n) is 2.12. The maximum atomic E-state index is 9.92. The summed E-state index contributed by atoms with van der Waals surface area (Å²) in [6, 6.07) is -0.495. The Labute approximate surface area is 76.9 Å². The van der Waals surface area contributed by atoms with E-state index in [1.807, 2.05) is 0 Å². The van der Waals surface area contributed by atoms with Crippen LogP contribution in [0.4, 0.5) is 0 Å². The van der Waals surface area contributed by atoms with Crippen LogP contribution in [0.3, 0.4) is 0 Å². The van der Waals surface area contributed by atoms with Crippen molar-refractivity contribution in [1.82, 2.24) is 0 Å². The van der Waals surface area contributed by atoms with Gasteiger partial charge in [-0.05, 0) is 6.92 Å². The Bertz CT molecular complexity index is 152. The molecule has 0 rings (SSSR count). The van der Waals surface area contributed by atoms with Gasteiger partial charge in [-0.25, -0.2) is 0 Å². The van der Waals surface area contributed by atoms with E-state index in [-0.39, 0.29) is 35.3 Å². The van der Waals surface area contributed by atoms with Crippen LogP contribution in [0.15, 0.2) is 0 Å². The zero-order valence-corrected chi connectivity index (χ0v) is 5.35. The van der Waals surface area contributed by atoms with Gasteiger partial charge < -0.3 is 5.73 Å². The molecule has 0 aliphatic heterocycles. The van der Waals surface area contributed by atoms with E-state index >= 15 is 0 Å². The van der Waals surface area contributed by atoms with E-state index in [4.69, 9.17) is 10.3 Å². The molecule has 0 spiro atoms. The molecule has 0 amide bonds. The summed E-state index contributed by atoms with van der Waals surface area (Å²) in [7, 11) is -3.85. The molecule has 0 fully saturated rings. The summed E-state index contributed by atoms with van der Waals surface area (Å²) < 4.78 is 27.9. The van der Waals surface area contributed by atoms with Crippen LogP contribution in [0.5, 0.6) is 0 Å². The topological polar surface area (TPSA) is 80.4 Å². The van der Waals surface area contributed by atoms with Crippen molar-refractivity contribution in [3.63, 3.8) is 0 Å². The van der Waals surface area contributed by atoms with Crippen LogP contribution in [0.2, 0.25) is 0 Å². The Morgan fingerprint density at radius 1 is 1.67 bits per heavy atom. The van der Waals surface area contributed by atoms with Gasteiger partial charge in [0.1, 0.15) is 0 Å². The molecule has 52 valence electrons. The first-order chi connectivity index (χ1) is 3.42. The normalized spacial score (nSPS) is 14.1. The molecule has 6 heteroatoms. The third-order valence-corrected chi connectivity index (χ3v) is 1.42. The van der Waals surface area contributed by atoms with Gasteiger partial charge in [-0.3, -0.25) is 4.55 Å². The Balaban J connectivity index is 0.